The van der Waals surface area contributed by atoms with E-state index in [0.717, 1.165) is 12.8 Å². The second-order valence-electron chi connectivity index (χ2n) is 3.44. The van der Waals surface area contributed by atoms with Gasteiger partial charge in [-0.15, -0.1) is 0 Å². The molecule has 12 heavy (non-hydrogen) atoms. The van der Waals surface area contributed by atoms with E-state index in [1.165, 1.54) is 7.11 Å². The van der Waals surface area contributed by atoms with Gasteiger partial charge in [-0.2, -0.15) is 0 Å². The molecule has 1 heterocycles. The van der Waals surface area contributed by atoms with Gasteiger partial charge in [-0.3, -0.25) is 0 Å². The third kappa shape index (κ3) is 1.69. The summed E-state index contributed by atoms with van der Waals surface area (Å²) in [4.78, 5) is 12.6. The maximum Gasteiger partial charge on any atom is 0.409 e. The van der Waals surface area contributed by atoms with Gasteiger partial charge >= 0.3 is 6.09 Å². The lowest BCUT2D eigenvalue weighted by Gasteiger charge is -2.46. The minimum atomic E-state index is -0.271. The van der Waals surface area contributed by atoms with E-state index in [4.69, 9.17) is 5.73 Å². The summed E-state index contributed by atoms with van der Waals surface area (Å²) in [6.07, 6.45) is 1.76. The van der Waals surface area contributed by atoms with Crippen molar-refractivity contribution in [2.75, 3.05) is 20.2 Å². The van der Waals surface area contributed by atoms with E-state index >= 15 is 0 Å². The fourth-order valence-corrected chi connectivity index (χ4v) is 1.63. The van der Waals surface area contributed by atoms with Crippen molar-refractivity contribution >= 4 is 6.09 Å². The summed E-state index contributed by atoms with van der Waals surface area (Å²) in [6, 6.07) is 0. The quantitative estimate of drug-likeness (QED) is 0.662. The van der Waals surface area contributed by atoms with Crippen LogP contribution in [0.15, 0.2) is 0 Å². The molecule has 1 saturated heterocycles. The number of carbonyl (C=O) groups excluding carboxylic acids is 1. The van der Waals surface area contributed by atoms with Crippen molar-refractivity contribution in [3.05, 3.63) is 0 Å². The van der Waals surface area contributed by atoms with Crippen LogP contribution in [-0.4, -0.2) is 36.7 Å². The Kier molecular flexibility index (Phi) is 2.57. The first-order chi connectivity index (χ1) is 5.61. The van der Waals surface area contributed by atoms with E-state index < -0.39 is 0 Å². The highest BCUT2D eigenvalue weighted by Crippen LogP contribution is 2.23. The predicted octanol–water partition coefficient (Wildman–Crippen LogP) is 0.566. The third-order valence-corrected chi connectivity index (χ3v) is 2.19. The van der Waals surface area contributed by atoms with Crippen molar-refractivity contribution in [1.29, 1.82) is 0 Å². The molecule has 1 fully saturated rings. The van der Waals surface area contributed by atoms with Crippen molar-refractivity contribution < 1.29 is 9.53 Å². The molecular formula is C8H16N2O2. The zero-order valence-electron chi connectivity index (χ0n) is 7.67. The molecule has 1 aliphatic rings. The fourth-order valence-electron chi connectivity index (χ4n) is 1.63. The summed E-state index contributed by atoms with van der Waals surface area (Å²) in [5.41, 5.74) is 5.80. The highest BCUT2D eigenvalue weighted by Gasteiger charge is 2.41. The number of hydrogen-bond donors (Lipinski definition) is 1. The van der Waals surface area contributed by atoms with Gasteiger partial charge in [0, 0.05) is 13.1 Å². The lowest BCUT2D eigenvalue weighted by molar-refractivity contribution is 0.0479. The van der Waals surface area contributed by atoms with Gasteiger partial charge < -0.3 is 15.4 Å². The molecule has 0 aliphatic carbocycles. The Morgan fingerprint density at radius 1 is 1.67 bits per heavy atom. The van der Waals surface area contributed by atoms with Crippen LogP contribution in [0.4, 0.5) is 4.79 Å². The van der Waals surface area contributed by atoms with Crippen molar-refractivity contribution in [3.8, 4) is 0 Å². The summed E-state index contributed by atoms with van der Waals surface area (Å²) >= 11 is 0. The lowest BCUT2D eigenvalue weighted by Crippen LogP contribution is -2.68. The normalized spacial score (nSPS) is 20.1. The highest BCUT2D eigenvalue weighted by molar-refractivity contribution is 5.69. The monoisotopic (exact) mass is 172 g/mol. The Bertz CT molecular complexity index is 176. The molecule has 0 saturated carbocycles. The largest absolute Gasteiger partial charge is 0.453 e. The first-order valence-corrected chi connectivity index (χ1v) is 4.23. The average molecular weight is 172 g/mol. The van der Waals surface area contributed by atoms with Crippen LogP contribution in [0.3, 0.4) is 0 Å². The third-order valence-electron chi connectivity index (χ3n) is 2.19. The zero-order valence-corrected chi connectivity index (χ0v) is 7.67. The number of methoxy groups -OCH3 is 1. The number of likely N-dealkylation sites (tertiary alicyclic amines) is 1. The minimum Gasteiger partial charge on any atom is -0.453 e. The van der Waals surface area contributed by atoms with E-state index in [2.05, 4.69) is 11.7 Å². The molecule has 0 aromatic heterocycles. The van der Waals surface area contributed by atoms with Gasteiger partial charge in [-0.25, -0.2) is 4.79 Å². The first kappa shape index (κ1) is 9.32. The highest BCUT2D eigenvalue weighted by atomic mass is 16.5. The molecule has 70 valence electrons. The van der Waals surface area contributed by atoms with Crippen LogP contribution in [0, 0.1) is 0 Å². The summed E-state index contributed by atoms with van der Waals surface area (Å²) in [6.45, 7) is 3.36. The van der Waals surface area contributed by atoms with Crippen molar-refractivity contribution in [3.63, 3.8) is 0 Å². The Morgan fingerprint density at radius 2 is 2.25 bits per heavy atom. The number of nitrogens with two attached hydrogens (primary N) is 1. The van der Waals surface area contributed by atoms with Crippen molar-refractivity contribution in [2.24, 2.45) is 5.73 Å². The van der Waals surface area contributed by atoms with Crippen LogP contribution in [0.1, 0.15) is 19.8 Å². The smallest absolute Gasteiger partial charge is 0.409 e. The fraction of sp³-hybridized carbons (Fsp3) is 0.875. The molecule has 0 radical (unpaired) electrons. The van der Waals surface area contributed by atoms with Crippen LogP contribution in [0.25, 0.3) is 0 Å². The standard InChI is InChI=1S/C8H16N2O2/c1-3-4-8(9)5-10(6-8)7(11)12-2/h3-6,9H2,1-2H3. The second-order valence-corrected chi connectivity index (χ2v) is 3.44. The number of carbonyl (C=O) groups is 1. The molecule has 0 bridgehead atoms. The van der Waals surface area contributed by atoms with Crippen LogP contribution < -0.4 is 5.73 Å². The molecule has 4 heteroatoms. The Balaban J connectivity index is 2.31. The van der Waals surface area contributed by atoms with Crippen molar-refractivity contribution in [1.82, 2.24) is 4.90 Å². The van der Waals surface area contributed by atoms with Gasteiger partial charge in [0.15, 0.2) is 0 Å². The van der Waals surface area contributed by atoms with Gasteiger partial charge in [0.1, 0.15) is 0 Å². The van der Waals surface area contributed by atoms with Gasteiger partial charge in [0.25, 0.3) is 0 Å². The van der Waals surface area contributed by atoms with Gasteiger partial charge in [0.2, 0.25) is 0 Å². The number of hydrogen-bond acceptors (Lipinski definition) is 3. The van der Waals surface area contributed by atoms with Crippen molar-refractivity contribution in [2.45, 2.75) is 25.3 Å². The molecule has 4 nitrogen and oxygen atoms in total. The molecule has 0 aromatic carbocycles. The van der Waals surface area contributed by atoms with E-state index in [-0.39, 0.29) is 11.6 Å². The van der Waals surface area contributed by atoms with Gasteiger partial charge in [0.05, 0.1) is 12.6 Å². The molecule has 0 aromatic rings. The molecule has 0 atom stereocenters. The zero-order chi connectivity index (χ0) is 9.19. The Labute approximate surface area is 72.7 Å². The van der Waals surface area contributed by atoms with Crippen LogP contribution in [0.5, 0.6) is 0 Å². The van der Waals surface area contributed by atoms with E-state index in [1.54, 1.807) is 4.90 Å². The molecule has 1 amide bonds. The molecule has 2 N–H and O–H groups in total. The molecule has 1 rings (SSSR count). The Morgan fingerprint density at radius 3 is 2.67 bits per heavy atom. The maximum atomic E-state index is 10.9. The summed E-state index contributed by atoms with van der Waals surface area (Å²) in [5.74, 6) is 0. The minimum absolute atomic E-state index is 0.150. The van der Waals surface area contributed by atoms with Gasteiger partial charge in [-0.1, -0.05) is 13.3 Å². The molecule has 0 unspecified atom stereocenters. The maximum absolute atomic E-state index is 10.9. The molecular weight excluding hydrogens is 156 g/mol. The SMILES string of the molecule is CCCC1(N)CN(C(=O)OC)C1. The van der Waals surface area contributed by atoms with Crippen LogP contribution in [0.2, 0.25) is 0 Å². The first-order valence-electron chi connectivity index (χ1n) is 4.23. The van der Waals surface area contributed by atoms with Crippen LogP contribution >= 0.6 is 0 Å². The summed E-state index contributed by atoms with van der Waals surface area (Å²) in [5, 5.41) is 0. The number of nitrogens with zero attached hydrogens (tertiary/aromatic N) is 1. The predicted molar refractivity (Wildman–Crippen MR) is 45.8 cm³/mol. The average Bonchev–Trinajstić information content (AvgIpc) is 1.99. The van der Waals surface area contributed by atoms with E-state index in [1.807, 2.05) is 0 Å². The summed E-state index contributed by atoms with van der Waals surface area (Å²) in [7, 11) is 1.39. The number of amides is 1. The van der Waals surface area contributed by atoms with E-state index in [9.17, 15) is 4.79 Å². The Hall–Kier alpha value is -0.770. The molecule has 1 aliphatic heterocycles. The van der Waals surface area contributed by atoms with Crippen LogP contribution in [-0.2, 0) is 4.74 Å². The number of rotatable bonds is 2. The lowest BCUT2D eigenvalue weighted by atomic mass is 9.87. The molecule has 0 spiro atoms. The topological polar surface area (TPSA) is 55.6 Å². The van der Waals surface area contributed by atoms with E-state index in [0.29, 0.717) is 13.1 Å². The van der Waals surface area contributed by atoms with Gasteiger partial charge in [-0.05, 0) is 6.42 Å². The number of ether oxygens (including phenoxy) is 1. The second kappa shape index (κ2) is 3.31. The summed E-state index contributed by atoms with van der Waals surface area (Å²) < 4.78 is 4.56.